The van der Waals surface area contributed by atoms with Crippen molar-refractivity contribution < 1.29 is 13.2 Å². The molecule has 0 bridgehead atoms. The first-order chi connectivity index (χ1) is 16.2. The lowest BCUT2D eigenvalue weighted by atomic mass is 9.98. The van der Waals surface area contributed by atoms with Gasteiger partial charge in [0.1, 0.15) is 0 Å². The maximum absolute atomic E-state index is 12.8. The third-order valence-corrected chi connectivity index (χ3v) is 8.79. The summed E-state index contributed by atoms with van der Waals surface area (Å²) in [5, 5.41) is 10.3. The van der Waals surface area contributed by atoms with Crippen molar-refractivity contribution in [2.75, 3.05) is 23.3 Å². The molecule has 2 heterocycles. The number of nitrogens with one attached hydrogen (secondary N) is 2. The SMILES string of the molecule is Cc1ccc(C(=O)Nc2nnc(S(=O)(=O)N[C@@H](C)c3ccc(N4CCC(C)CC4)cc3)s2)cc1. The van der Waals surface area contributed by atoms with Gasteiger partial charge in [0, 0.05) is 30.4 Å². The molecule has 1 saturated heterocycles. The number of nitrogens with zero attached hydrogens (tertiary/aromatic N) is 3. The van der Waals surface area contributed by atoms with Gasteiger partial charge in [-0.2, -0.15) is 0 Å². The van der Waals surface area contributed by atoms with E-state index in [1.807, 2.05) is 43.3 Å². The number of aryl methyl sites for hydroxylation is 1. The van der Waals surface area contributed by atoms with Gasteiger partial charge in [-0.3, -0.25) is 10.1 Å². The van der Waals surface area contributed by atoms with Gasteiger partial charge in [-0.1, -0.05) is 48.1 Å². The molecule has 0 spiro atoms. The van der Waals surface area contributed by atoms with Gasteiger partial charge in [0.2, 0.25) is 9.47 Å². The summed E-state index contributed by atoms with van der Waals surface area (Å²) in [5.74, 6) is 0.395. The second kappa shape index (κ2) is 10.2. The zero-order valence-corrected chi connectivity index (χ0v) is 21.1. The Balaban J connectivity index is 1.38. The van der Waals surface area contributed by atoms with E-state index in [4.69, 9.17) is 0 Å². The van der Waals surface area contributed by atoms with Crippen LogP contribution in [0.3, 0.4) is 0 Å². The molecule has 1 aliphatic rings. The van der Waals surface area contributed by atoms with Gasteiger partial charge in [0.05, 0.1) is 0 Å². The minimum Gasteiger partial charge on any atom is -0.372 e. The maximum Gasteiger partial charge on any atom is 0.270 e. The molecule has 2 aromatic carbocycles. The number of carbonyl (C=O) groups is 1. The van der Waals surface area contributed by atoms with Gasteiger partial charge in [0.25, 0.3) is 15.9 Å². The van der Waals surface area contributed by atoms with E-state index in [9.17, 15) is 13.2 Å². The fraction of sp³-hybridized carbons (Fsp3) is 0.375. The highest BCUT2D eigenvalue weighted by atomic mass is 32.2. The minimum absolute atomic E-state index is 0.124. The number of amides is 1. The van der Waals surface area contributed by atoms with Gasteiger partial charge in [-0.25, -0.2) is 13.1 Å². The van der Waals surface area contributed by atoms with E-state index in [0.717, 1.165) is 47.2 Å². The van der Waals surface area contributed by atoms with Gasteiger partial charge in [-0.05, 0) is 62.4 Å². The number of piperidine rings is 1. The van der Waals surface area contributed by atoms with Crippen molar-refractivity contribution in [1.29, 1.82) is 0 Å². The lowest BCUT2D eigenvalue weighted by Crippen LogP contribution is -2.32. The molecule has 0 radical (unpaired) electrons. The smallest absolute Gasteiger partial charge is 0.270 e. The van der Waals surface area contributed by atoms with Crippen LogP contribution < -0.4 is 14.9 Å². The predicted molar refractivity (Wildman–Crippen MR) is 135 cm³/mol. The molecule has 4 rings (SSSR count). The molecule has 2 N–H and O–H groups in total. The first-order valence-electron chi connectivity index (χ1n) is 11.3. The lowest BCUT2D eigenvalue weighted by Gasteiger charge is -2.32. The van der Waals surface area contributed by atoms with Crippen molar-refractivity contribution in [3.63, 3.8) is 0 Å². The van der Waals surface area contributed by atoms with E-state index < -0.39 is 16.1 Å². The van der Waals surface area contributed by atoms with Crippen LogP contribution in [0.5, 0.6) is 0 Å². The Labute approximate surface area is 204 Å². The summed E-state index contributed by atoms with van der Waals surface area (Å²) in [6, 6.07) is 14.6. The lowest BCUT2D eigenvalue weighted by molar-refractivity contribution is 0.102. The van der Waals surface area contributed by atoms with Gasteiger partial charge in [-0.15, -0.1) is 10.2 Å². The van der Waals surface area contributed by atoms with Gasteiger partial charge < -0.3 is 4.90 Å². The van der Waals surface area contributed by atoms with E-state index >= 15 is 0 Å². The number of rotatable bonds is 7. The first kappa shape index (κ1) is 24.3. The summed E-state index contributed by atoms with van der Waals surface area (Å²) in [6.07, 6.45) is 2.38. The van der Waals surface area contributed by atoms with E-state index in [0.29, 0.717) is 5.56 Å². The topological polar surface area (TPSA) is 104 Å². The summed E-state index contributed by atoms with van der Waals surface area (Å²) in [7, 11) is -3.90. The molecule has 8 nitrogen and oxygen atoms in total. The highest BCUT2D eigenvalue weighted by Gasteiger charge is 2.24. The Morgan fingerprint density at radius 3 is 2.35 bits per heavy atom. The summed E-state index contributed by atoms with van der Waals surface area (Å²) in [5.41, 5.74) is 3.51. The quantitative estimate of drug-likeness (QED) is 0.468. The van der Waals surface area contributed by atoms with Crippen molar-refractivity contribution in [1.82, 2.24) is 14.9 Å². The molecule has 10 heteroatoms. The number of hydrogen-bond donors (Lipinski definition) is 2. The molecule has 0 unspecified atom stereocenters. The van der Waals surface area contributed by atoms with Crippen LogP contribution in [0.25, 0.3) is 0 Å². The zero-order valence-electron chi connectivity index (χ0n) is 19.5. The fourth-order valence-electron chi connectivity index (χ4n) is 3.83. The van der Waals surface area contributed by atoms with Crippen LogP contribution in [-0.4, -0.2) is 37.6 Å². The summed E-state index contributed by atoms with van der Waals surface area (Å²) in [4.78, 5) is 14.7. The van der Waals surface area contributed by atoms with Crippen molar-refractivity contribution >= 4 is 38.1 Å². The average molecular weight is 500 g/mol. The van der Waals surface area contributed by atoms with E-state index in [2.05, 4.69) is 32.1 Å². The van der Waals surface area contributed by atoms with Crippen LogP contribution in [0.15, 0.2) is 52.9 Å². The highest BCUT2D eigenvalue weighted by Crippen LogP contribution is 2.26. The zero-order chi connectivity index (χ0) is 24.3. The minimum atomic E-state index is -3.90. The van der Waals surface area contributed by atoms with Crippen molar-refractivity contribution in [3.8, 4) is 0 Å². The monoisotopic (exact) mass is 499 g/mol. The van der Waals surface area contributed by atoms with Crippen LogP contribution in [-0.2, 0) is 10.0 Å². The molecule has 1 aliphatic heterocycles. The molecular formula is C24H29N5O3S2. The highest BCUT2D eigenvalue weighted by molar-refractivity contribution is 7.91. The van der Waals surface area contributed by atoms with Gasteiger partial charge >= 0.3 is 0 Å². The predicted octanol–water partition coefficient (Wildman–Crippen LogP) is 4.37. The van der Waals surface area contributed by atoms with E-state index in [-0.39, 0.29) is 15.4 Å². The Bertz CT molecular complexity index is 1230. The molecule has 0 saturated carbocycles. The molecule has 1 atom stereocenters. The molecular weight excluding hydrogens is 470 g/mol. The second-order valence-electron chi connectivity index (χ2n) is 8.80. The standard InChI is InChI=1S/C24H29N5O3S2/c1-16-4-6-20(7-5-16)22(30)25-23-26-27-24(33-23)34(31,32)28-18(3)19-8-10-21(11-9-19)29-14-12-17(2)13-15-29/h4-11,17-18,28H,12-15H2,1-3H3,(H,25,26,30)/t18-/m0/s1. The Morgan fingerprint density at radius 2 is 1.71 bits per heavy atom. The molecule has 180 valence electrons. The molecule has 1 amide bonds. The number of sulfonamides is 1. The Hall–Kier alpha value is -2.82. The fourth-order valence-corrected chi connectivity index (χ4v) is 5.98. The molecule has 1 aromatic heterocycles. The Morgan fingerprint density at radius 1 is 1.06 bits per heavy atom. The largest absolute Gasteiger partial charge is 0.372 e. The first-order valence-corrected chi connectivity index (χ1v) is 13.6. The van der Waals surface area contributed by atoms with Crippen LogP contribution in [0.1, 0.15) is 54.2 Å². The van der Waals surface area contributed by atoms with E-state index in [1.54, 1.807) is 19.1 Å². The van der Waals surface area contributed by atoms with Crippen LogP contribution in [0, 0.1) is 12.8 Å². The third kappa shape index (κ3) is 5.81. The number of aromatic nitrogens is 2. The molecule has 34 heavy (non-hydrogen) atoms. The molecule has 1 fully saturated rings. The summed E-state index contributed by atoms with van der Waals surface area (Å²) >= 11 is 0.813. The van der Waals surface area contributed by atoms with Crippen molar-refractivity contribution in [3.05, 3.63) is 65.2 Å². The van der Waals surface area contributed by atoms with Crippen LogP contribution >= 0.6 is 11.3 Å². The van der Waals surface area contributed by atoms with Crippen LogP contribution in [0.4, 0.5) is 10.8 Å². The van der Waals surface area contributed by atoms with Crippen molar-refractivity contribution in [2.24, 2.45) is 5.92 Å². The van der Waals surface area contributed by atoms with Gasteiger partial charge in [0.15, 0.2) is 0 Å². The number of carbonyl (C=O) groups excluding carboxylic acids is 1. The average Bonchev–Trinajstić information content (AvgIpc) is 3.29. The van der Waals surface area contributed by atoms with E-state index in [1.165, 1.54) is 12.8 Å². The number of hydrogen-bond acceptors (Lipinski definition) is 7. The van der Waals surface area contributed by atoms with Crippen LogP contribution in [0.2, 0.25) is 0 Å². The second-order valence-corrected chi connectivity index (χ2v) is 11.7. The maximum atomic E-state index is 12.8. The normalized spacial score (nSPS) is 15.8. The third-order valence-electron chi connectivity index (χ3n) is 6.04. The number of benzene rings is 2. The molecule has 0 aliphatic carbocycles. The molecule has 3 aromatic rings. The Kier molecular flexibility index (Phi) is 7.30. The number of anilines is 2. The van der Waals surface area contributed by atoms with Crippen molar-refractivity contribution in [2.45, 2.75) is 44.0 Å². The summed E-state index contributed by atoms with van der Waals surface area (Å²) in [6.45, 7) is 8.09. The summed E-state index contributed by atoms with van der Waals surface area (Å²) < 4.78 is 28.1.